The van der Waals surface area contributed by atoms with Crippen molar-refractivity contribution in [3.8, 4) is 0 Å². The van der Waals surface area contributed by atoms with Gasteiger partial charge in [-0.2, -0.15) is 5.10 Å². The summed E-state index contributed by atoms with van der Waals surface area (Å²) in [4.78, 5) is 4.34. The van der Waals surface area contributed by atoms with Gasteiger partial charge in [-0.3, -0.25) is 0 Å². The van der Waals surface area contributed by atoms with Crippen LogP contribution in [0.1, 0.15) is 26.6 Å². The maximum atomic E-state index is 5.34. The first kappa shape index (κ1) is 16.1. The average Bonchev–Trinajstić information content (AvgIpc) is 2.77. The van der Waals surface area contributed by atoms with Gasteiger partial charge >= 0.3 is 0 Å². The minimum atomic E-state index is -0.288. The Hall–Kier alpha value is -0.980. The number of methoxy groups -OCH3 is 2. The number of hydrogen-bond donors (Lipinski definition) is 1. The third kappa shape index (κ3) is 4.89. The van der Waals surface area contributed by atoms with E-state index < -0.39 is 0 Å². The Morgan fingerprint density at radius 2 is 2.00 bits per heavy atom. The van der Waals surface area contributed by atoms with E-state index >= 15 is 0 Å². The minimum Gasteiger partial charge on any atom is -0.354 e. The molecule has 6 nitrogen and oxygen atoms in total. The largest absolute Gasteiger partial charge is 0.354 e. The zero-order valence-electron chi connectivity index (χ0n) is 12.6. The Morgan fingerprint density at radius 1 is 1.32 bits per heavy atom. The molecule has 0 fully saturated rings. The van der Waals surface area contributed by atoms with Crippen LogP contribution in [-0.4, -0.2) is 47.9 Å². The fraction of sp³-hybridized carbons (Fsp3) is 0.846. The fourth-order valence-corrected chi connectivity index (χ4v) is 2.09. The molecule has 0 saturated carbocycles. The summed E-state index contributed by atoms with van der Waals surface area (Å²) in [5, 5.41) is 7.65. The van der Waals surface area contributed by atoms with Crippen molar-refractivity contribution in [2.24, 2.45) is 5.92 Å². The van der Waals surface area contributed by atoms with Crippen LogP contribution in [0.4, 0.5) is 0 Å². The molecule has 0 aliphatic carbocycles. The first-order chi connectivity index (χ1) is 9.12. The summed E-state index contributed by atoms with van der Waals surface area (Å²) < 4.78 is 12.6. The van der Waals surface area contributed by atoms with Crippen molar-refractivity contribution in [3.63, 3.8) is 0 Å². The van der Waals surface area contributed by atoms with Gasteiger partial charge in [-0.25, -0.2) is 9.67 Å². The molecule has 110 valence electrons. The van der Waals surface area contributed by atoms with Gasteiger partial charge in [0.15, 0.2) is 6.29 Å². The topological polar surface area (TPSA) is 61.2 Å². The molecule has 0 aromatic carbocycles. The van der Waals surface area contributed by atoms with E-state index in [9.17, 15) is 0 Å². The van der Waals surface area contributed by atoms with Crippen molar-refractivity contribution in [1.82, 2.24) is 20.1 Å². The van der Waals surface area contributed by atoms with Gasteiger partial charge in [-0.1, -0.05) is 20.8 Å². The Bertz CT molecular complexity index is 350. The average molecular weight is 270 g/mol. The lowest BCUT2D eigenvalue weighted by molar-refractivity contribution is -0.122. The second-order valence-corrected chi connectivity index (χ2v) is 4.96. The van der Waals surface area contributed by atoms with Gasteiger partial charge in [0.1, 0.15) is 12.2 Å². The molecule has 0 saturated heterocycles. The lowest BCUT2D eigenvalue weighted by atomic mass is 10.1. The van der Waals surface area contributed by atoms with Gasteiger partial charge in [0, 0.05) is 27.2 Å². The van der Waals surface area contributed by atoms with E-state index in [4.69, 9.17) is 9.47 Å². The molecule has 1 aromatic heterocycles. The van der Waals surface area contributed by atoms with E-state index in [1.54, 1.807) is 20.5 Å². The summed E-state index contributed by atoms with van der Waals surface area (Å²) in [6, 6.07) is 0.0649. The van der Waals surface area contributed by atoms with Gasteiger partial charge in [0.05, 0.1) is 6.04 Å². The number of hydrogen-bond acceptors (Lipinski definition) is 5. The third-order valence-corrected chi connectivity index (χ3v) is 2.90. The Balaban J connectivity index is 2.75. The summed E-state index contributed by atoms with van der Waals surface area (Å²) >= 11 is 0. The maximum absolute atomic E-state index is 5.34. The zero-order chi connectivity index (χ0) is 14.3. The normalized spacial score (nSPS) is 13.4. The van der Waals surface area contributed by atoms with Crippen LogP contribution in [0.25, 0.3) is 0 Å². The number of aromatic nitrogens is 3. The predicted molar refractivity (Wildman–Crippen MR) is 73.8 cm³/mol. The first-order valence-corrected chi connectivity index (χ1v) is 6.78. The number of ether oxygens (including phenoxy) is 2. The zero-order valence-corrected chi connectivity index (χ0v) is 12.6. The summed E-state index contributed by atoms with van der Waals surface area (Å²) in [6.07, 6.45) is 2.05. The number of likely N-dealkylation sites (N-methyl/N-ethyl adjacent to an activating group) is 1. The molecule has 0 amide bonds. The molecule has 0 radical (unpaired) electrons. The third-order valence-electron chi connectivity index (χ3n) is 2.90. The molecule has 0 aliphatic heterocycles. The van der Waals surface area contributed by atoms with E-state index in [1.807, 2.05) is 4.68 Å². The van der Waals surface area contributed by atoms with Gasteiger partial charge in [-0.05, 0) is 12.5 Å². The SMILES string of the molecule is CCNC(Cc1ncnn1CC(C)C)C(OC)OC. The molecule has 0 aliphatic rings. The van der Waals surface area contributed by atoms with Gasteiger partial charge in [0.2, 0.25) is 0 Å². The molecule has 19 heavy (non-hydrogen) atoms. The lowest BCUT2D eigenvalue weighted by Gasteiger charge is -2.25. The van der Waals surface area contributed by atoms with E-state index in [-0.39, 0.29) is 12.3 Å². The lowest BCUT2D eigenvalue weighted by Crippen LogP contribution is -2.44. The van der Waals surface area contributed by atoms with Crippen molar-refractivity contribution < 1.29 is 9.47 Å². The second-order valence-electron chi connectivity index (χ2n) is 4.96. The first-order valence-electron chi connectivity index (χ1n) is 6.78. The molecular weight excluding hydrogens is 244 g/mol. The quantitative estimate of drug-likeness (QED) is 0.680. The molecule has 1 heterocycles. The van der Waals surface area contributed by atoms with Gasteiger partial charge in [0.25, 0.3) is 0 Å². The second kappa shape index (κ2) is 8.24. The summed E-state index contributed by atoms with van der Waals surface area (Å²) in [5.41, 5.74) is 0. The molecule has 6 heteroatoms. The molecule has 1 atom stereocenters. The number of rotatable bonds is 9. The van der Waals surface area contributed by atoms with E-state index in [1.165, 1.54) is 0 Å². The molecule has 1 aromatic rings. The highest BCUT2D eigenvalue weighted by atomic mass is 16.7. The van der Waals surface area contributed by atoms with Crippen molar-refractivity contribution in [1.29, 1.82) is 0 Å². The van der Waals surface area contributed by atoms with Crippen molar-refractivity contribution in [3.05, 3.63) is 12.2 Å². The highest BCUT2D eigenvalue weighted by molar-refractivity contribution is 4.91. The molecular formula is C13H26N4O2. The molecule has 1 rings (SSSR count). The van der Waals surface area contributed by atoms with Crippen LogP contribution in [0.2, 0.25) is 0 Å². The van der Waals surface area contributed by atoms with E-state index in [0.717, 1.165) is 25.3 Å². The van der Waals surface area contributed by atoms with Crippen LogP contribution in [0.3, 0.4) is 0 Å². The van der Waals surface area contributed by atoms with Crippen LogP contribution in [-0.2, 0) is 22.4 Å². The summed E-state index contributed by atoms with van der Waals surface area (Å²) in [7, 11) is 3.30. The molecule has 1 N–H and O–H groups in total. The van der Waals surface area contributed by atoms with Gasteiger partial charge in [-0.15, -0.1) is 0 Å². The van der Waals surface area contributed by atoms with Crippen molar-refractivity contribution in [2.45, 2.75) is 46.1 Å². The van der Waals surface area contributed by atoms with Crippen LogP contribution in [0.15, 0.2) is 6.33 Å². The molecule has 0 spiro atoms. The van der Waals surface area contributed by atoms with Crippen LogP contribution >= 0.6 is 0 Å². The summed E-state index contributed by atoms with van der Waals surface area (Å²) in [5.74, 6) is 1.50. The molecule has 0 bridgehead atoms. The highest BCUT2D eigenvalue weighted by Crippen LogP contribution is 2.08. The summed E-state index contributed by atoms with van der Waals surface area (Å²) in [6.45, 7) is 8.12. The van der Waals surface area contributed by atoms with E-state index in [0.29, 0.717) is 5.92 Å². The number of nitrogens with one attached hydrogen (secondary N) is 1. The predicted octanol–water partition coefficient (Wildman–Crippen LogP) is 1.07. The Labute approximate surface area is 115 Å². The Morgan fingerprint density at radius 3 is 2.53 bits per heavy atom. The van der Waals surface area contributed by atoms with E-state index in [2.05, 4.69) is 36.2 Å². The highest BCUT2D eigenvalue weighted by Gasteiger charge is 2.22. The smallest absolute Gasteiger partial charge is 0.172 e. The fourth-order valence-electron chi connectivity index (χ4n) is 2.09. The standard InChI is InChI=1S/C13H26N4O2/c1-6-14-11(13(18-4)19-5)7-12-15-9-16-17(12)8-10(2)3/h9-11,13-14H,6-8H2,1-5H3. The van der Waals surface area contributed by atoms with Crippen molar-refractivity contribution >= 4 is 0 Å². The number of nitrogens with zero attached hydrogens (tertiary/aromatic N) is 3. The maximum Gasteiger partial charge on any atom is 0.172 e. The monoisotopic (exact) mass is 270 g/mol. The minimum absolute atomic E-state index is 0.0649. The van der Waals surface area contributed by atoms with Crippen molar-refractivity contribution in [2.75, 3.05) is 20.8 Å². The Kier molecular flexibility index (Phi) is 6.97. The van der Waals surface area contributed by atoms with Crippen LogP contribution in [0.5, 0.6) is 0 Å². The van der Waals surface area contributed by atoms with Gasteiger partial charge < -0.3 is 14.8 Å². The van der Waals surface area contributed by atoms with Crippen LogP contribution in [0, 0.1) is 5.92 Å². The molecule has 1 unspecified atom stereocenters. The van der Waals surface area contributed by atoms with Crippen LogP contribution < -0.4 is 5.32 Å².